The zero-order chi connectivity index (χ0) is 19.8. The van der Waals surface area contributed by atoms with Gasteiger partial charge in [0.1, 0.15) is 0 Å². The van der Waals surface area contributed by atoms with Crippen molar-refractivity contribution < 1.29 is 9.59 Å². The van der Waals surface area contributed by atoms with Crippen molar-refractivity contribution in [2.45, 2.75) is 20.8 Å². The molecular formula is C22H19N3O2S. The first-order valence-corrected chi connectivity index (χ1v) is 9.72. The molecule has 0 aliphatic rings. The van der Waals surface area contributed by atoms with Crippen LogP contribution in [0.2, 0.25) is 0 Å². The van der Waals surface area contributed by atoms with Crippen molar-refractivity contribution in [1.29, 1.82) is 0 Å². The highest BCUT2D eigenvalue weighted by Gasteiger charge is 2.15. The first-order valence-electron chi connectivity index (χ1n) is 8.91. The Kier molecular flexibility index (Phi) is 4.57. The maximum absolute atomic E-state index is 13.0. The smallest absolute Gasteiger partial charge is 0.262 e. The number of aromatic nitrogens is 2. The summed E-state index contributed by atoms with van der Waals surface area (Å²) in [5.41, 5.74) is 4.30. The molecule has 0 saturated heterocycles. The second-order valence-electron chi connectivity index (χ2n) is 6.68. The van der Waals surface area contributed by atoms with Gasteiger partial charge in [0.15, 0.2) is 5.13 Å². The Labute approximate surface area is 166 Å². The van der Waals surface area contributed by atoms with E-state index >= 15 is 0 Å². The van der Waals surface area contributed by atoms with Crippen LogP contribution in [0.25, 0.3) is 22.2 Å². The molecule has 140 valence electrons. The van der Waals surface area contributed by atoms with E-state index in [1.807, 2.05) is 62.4 Å². The standard InChI is InChI=1S/C22H19N3O2S/c1-13-6-4-5-7-18(13)21(27)25-11-10-16-12-17(8-9-19(16)25)20-14(2)28-22(24-20)23-15(3)26/h4-12H,1-3H3,(H,23,24,26). The lowest BCUT2D eigenvalue weighted by Gasteiger charge is -2.07. The van der Waals surface area contributed by atoms with Crippen LogP contribution in [0.1, 0.15) is 27.7 Å². The minimum atomic E-state index is -0.137. The van der Waals surface area contributed by atoms with E-state index in [9.17, 15) is 9.59 Å². The third kappa shape index (κ3) is 3.23. The molecule has 28 heavy (non-hydrogen) atoms. The second kappa shape index (κ2) is 7.05. The number of carbonyl (C=O) groups excluding carboxylic acids is 2. The first kappa shape index (κ1) is 18.1. The van der Waals surface area contributed by atoms with Crippen LogP contribution in [0.15, 0.2) is 54.7 Å². The van der Waals surface area contributed by atoms with Gasteiger partial charge in [-0.05, 0) is 43.7 Å². The van der Waals surface area contributed by atoms with Crippen LogP contribution in [0.3, 0.4) is 0 Å². The lowest BCUT2D eigenvalue weighted by Crippen LogP contribution is -2.11. The van der Waals surface area contributed by atoms with Crippen LogP contribution in [0.5, 0.6) is 0 Å². The number of hydrogen-bond donors (Lipinski definition) is 1. The molecule has 0 spiro atoms. The number of fused-ring (bicyclic) bond motifs is 1. The van der Waals surface area contributed by atoms with Gasteiger partial charge in [-0.25, -0.2) is 4.98 Å². The molecule has 0 unspecified atom stereocenters. The minimum Gasteiger partial charge on any atom is -0.302 e. The maximum atomic E-state index is 13.0. The summed E-state index contributed by atoms with van der Waals surface area (Å²) in [7, 11) is 0. The Bertz CT molecular complexity index is 1220. The van der Waals surface area contributed by atoms with Crippen molar-refractivity contribution in [1.82, 2.24) is 9.55 Å². The highest BCUT2D eigenvalue weighted by molar-refractivity contribution is 7.16. The van der Waals surface area contributed by atoms with E-state index in [0.717, 1.165) is 32.6 Å². The van der Waals surface area contributed by atoms with Gasteiger partial charge >= 0.3 is 0 Å². The topological polar surface area (TPSA) is 64.0 Å². The zero-order valence-electron chi connectivity index (χ0n) is 15.8. The van der Waals surface area contributed by atoms with Crippen molar-refractivity contribution in [3.63, 3.8) is 0 Å². The van der Waals surface area contributed by atoms with Gasteiger partial charge in [0.05, 0.1) is 11.2 Å². The number of thiazole rings is 1. The van der Waals surface area contributed by atoms with Crippen molar-refractivity contribution in [2.24, 2.45) is 0 Å². The van der Waals surface area contributed by atoms with Crippen LogP contribution < -0.4 is 5.32 Å². The predicted molar refractivity (Wildman–Crippen MR) is 113 cm³/mol. The molecule has 2 heterocycles. The summed E-state index contributed by atoms with van der Waals surface area (Å²) < 4.78 is 1.68. The van der Waals surface area contributed by atoms with E-state index in [1.54, 1.807) is 10.8 Å². The third-order valence-electron chi connectivity index (χ3n) is 4.64. The lowest BCUT2D eigenvalue weighted by molar-refractivity contribution is -0.114. The van der Waals surface area contributed by atoms with Crippen molar-refractivity contribution in [2.75, 3.05) is 5.32 Å². The normalized spacial score (nSPS) is 11.0. The number of hydrogen-bond acceptors (Lipinski definition) is 4. The molecule has 0 fully saturated rings. The monoisotopic (exact) mass is 389 g/mol. The average Bonchev–Trinajstić information content (AvgIpc) is 3.23. The summed E-state index contributed by atoms with van der Waals surface area (Å²) >= 11 is 1.45. The fourth-order valence-corrected chi connectivity index (χ4v) is 4.16. The second-order valence-corrected chi connectivity index (χ2v) is 7.89. The fourth-order valence-electron chi connectivity index (χ4n) is 3.28. The quantitative estimate of drug-likeness (QED) is 0.535. The summed E-state index contributed by atoms with van der Waals surface area (Å²) in [6, 6.07) is 15.5. The number of rotatable bonds is 3. The van der Waals surface area contributed by atoms with Gasteiger partial charge in [0, 0.05) is 34.5 Å². The predicted octanol–water partition coefficient (Wildman–Crippen LogP) is 5.03. The van der Waals surface area contributed by atoms with Crippen molar-refractivity contribution in [3.8, 4) is 11.3 Å². The Morgan fingerprint density at radius 2 is 1.86 bits per heavy atom. The summed E-state index contributed by atoms with van der Waals surface area (Å²) in [4.78, 5) is 29.8. The highest BCUT2D eigenvalue weighted by atomic mass is 32.1. The molecule has 0 radical (unpaired) electrons. The van der Waals surface area contributed by atoms with Gasteiger partial charge in [-0.2, -0.15) is 0 Å². The third-order valence-corrected chi connectivity index (χ3v) is 5.52. The Morgan fingerprint density at radius 3 is 2.61 bits per heavy atom. The summed E-state index contributed by atoms with van der Waals surface area (Å²) in [6.45, 7) is 5.39. The van der Waals surface area contributed by atoms with E-state index < -0.39 is 0 Å². The zero-order valence-corrected chi connectivity index (χ0v) is 16.6. The van der Waals surface area contributed by atoms with E-state index in [-0.39, 0.29) is 11.8 Å². The Morgan fingerprint density at radius 1 is 1.07 bits per heavy atom. The van der Waals surface area contributed by atoms with E-state index in [0.29, 0.717) is 10.7 Å². The Balaban J connectivity index is 1.73. The Hall–Kier alpha value is -3.25. The maximum Gasteiger partial charge on any atom is 0.262 e. The molecule has 0 bridgehead atoms. The molecule has 4 rings (SSSR count). The van der Waals surface area contributed by atoms with Crippen LogP contribution in [0, 0.1) is 13.8 Å². The SMILES string of the molecule is CC(=O)Nc1nc(-c2ccc3c(ccn3C(=O)c3ccccc3C)c2)c(C)s1. The first-order chi connectivity index (χ1) is 13.4. The van der Waals surface area contributed by atoms with Gasteiger partial charge < -0.3 is 5.32 Å². The molecule has 1 amide bonds. The number of aryl methyl sites for hydroxylation is 2. The van der Waals surface area contributed by atoms with Crippen LogP contribution in [-0.4, -0.2) is 21.4 Å². The average molecular weight is 389 g/mol. The van der Waals surface area contributed by atoms with Gasteiger partial charge in [-0.15, -0.1) is 11.3 Å². The van der Waals surface area contributed by atoms with Gasteiger partial charge in [0.25, 0.3) is 5.91 Å². The van der Waals surface area contributed by atoms with E-state index in [2.05, 4.69) is 10.3 Å². The molecule has 1 N–H and O–H groups in total. The molecule has 4 aromatic rings. The molecule has 0 atom stereocenters. The molecule has 0 aliphatic carbocycles. The summed E-state index contributed by atoms with van der Waals surface area (Å²) in [5.74, 6) is -0.179. The van der Waals surface area contributed by atoms with Crippen LogP contribution in [-0.2, 0) is 4.79 Å². The van der Waals surface area contributed by atoms with Gasteiger partial charge in [-0.3, -0.25) is 14.2 Å². The van der Waals surface area contributed by atoms with E-state index in [1.165, 1.54) is 18.3 Å². The number of amides is 1. The molecular weight excluding hydrogens is 370 g/mol. The number of nitrogens with zero attached hydrogens (tertiary/aromatic N) is 2. The van der Waals surface area contributed by atoms with Gasteiger partial charge in [0.2, 0.25) is 5.91 Å². The van der Waals surface area contributed by atoms with Crippen molar-refractivity contribution in [3.05, 3.63) is 70.7 Å². The summed E-state index contributed by atoms with van der Waals surface area (Å²) in [5, 5.41) is 4.29. The van der Waals surface area contributed by atoms with Crippen LogP contribution >= 0.6 is 11.3 Å². The molecule has 0 saturated carbocycles. The summed E-state index contributed by atoms with van der Waals surface area (Å²) in [6.07, 6.45) is 1.81. The van der Waals surface area contributed by atoms with Gasteiger partial charge in [-0.1, -0.05) is 24.3 Å². The molecule has 6 heteroatoms. The molecule has 5 nitrogen and oxygen atoms in total. The number of anilines is 1. The highest BCUT2D eigenvalue weighted by Crippen LogP contribution is 2.32. The molecule has 0 aliphatic heterocycles. The fraction of sp³-hybridized carbons (Fsp3) is 0.136. The largest absolute Gasteiger partial charge is 0.302 e. The molecule has 2 aromatic carbocycles. The lowest BCUT2D eigenvalue weighted by atomic mass is 10.1. The van der Waals surface area contributed by atoms with Crippen molar-refractivity contribution >= 4 is 39.2 Å². The van der Waals surface area contributed by atoms with E-state index in [4.69, 9.17) is 0 Å². The molecule has 2 aromatic heterocycles. The minimum absolute atomic E-state index is 0.0429. The van der Waals surface area contributed by atoms with Crippen LogP contribution in [0.4, 0.5) is 5.13 Å². The number of benzene rings is 2. The number of nitrogens with one attached hydrogen (secondary N) is 1. The number of carbonyl (C=O) groups is 2.